The van der Waals surface area contributed by atoms with Gasteiger partial charge in [-0.05, 0) is 13.8 Å². The van der Waals surface area contributed by atoms with Gasteiger partial charge < -0.3 is 19.0 Å². The minimum absolute atomic E-state index is 0.127. The minimum Gasteiger partial charge on any atom is -0.450 e. The van der Waals surface area contributed by atoms with E-state index in [0.717, 1.165) is 27.7 Å². The highest BCUT2D eigenvalue weighted by atomic mass is 16.7. The van der Waals surface area contributed by atoms with Gasteiger partial charge in [0, 0.05) is 26.7 Å². The summed E-state index contributed by atoms with van der Waals surface area (Å²) in [5.74, 6) is -6.83. The maximum absolute atomic E-state index is 12.3. The van der Waals surface area contributed by atoms with Crippen LogP contribution in [0.1, 0.15) is 40.5 Å². The minimum atomic E-state index is -1.97. The molecule has 0 spiro atoms. The van der Waals surface area contributed by atoms with Crippen LogP contribution < -0.4 is 0 Å². The van der Waals surface area contributed by atoms with Crippen molar-refractivity contribution in [3.63, 3.8) is 0 Å². The molecule has 1 aliphatic heterocycles. The Morgan fingerprint density at radius 3 is 1.68 bits per heavy atom. The smallest absolute Gasteiger partial charge is 0.373 e. The van der Waals surface area contributed by atoms with Crippen LogP contribution in [0.2, 0.25) is 0 Å². The molecule has 0 unspecified atom stereocenters. The lowest BCUT2D eigenvalue weighted by Gasteiger charge is -2.24. The predicted molar refractivity (Wildman–Crippen MR) is 84.5 cm³/mol. The number of rotatable bonds is 8. The Labute approximate surface area is 159 Å². The Balaban J connectivity index is 2.87. The molecule has 0 saturated carbocycles. The molecule has 0 N–H and O–H groups in total. The summed E-state index contributed by atoms with van der Waals surface area (Å²) in [7, 11) is 0. The molecule has 28 heavy (non-hydrogen) atoms. The normalized spacial score (nSPS) is 16.6. The number of ketones is 1. The highest BCUT2D eigenvalue weighted by Crippen LogP contribution is 2.15. The molecular weight excluding hydrogens is 382 g/mol. The van der Waals surface area contributed by atoms with Crippen LogP contribution >= 0.6 is 0 Å². The van der Waals surface area contributed by atoms with Crippen LogP contribution in [0.25, 0.3) is 0 Å². The van der Waals surface area contributed by atoms with Gasteiger partial charge in [-0.15, -0.1) is 5.06 Å². The molecule has 1 heterocycles. The molecule has 1 aliphatic rings. The van der Waals surface area contributed by atoms with Crippen LogP contribution in [-0.2, 0) is 52.6 Å². The van der Waals surface area contributed by atoms with E-state index >= 15 is 0 Å². The molecule has 0 radical (unpaired) electrons. The van der Waals surface area contributed by atoms with E-state index in [9.17, 15) is 33.6 Å². The molecule has 0 aromatic carbocycles. The van der Waals surface area contributed by atoms with Gasteiger partial charge in [-0.25, -0.2) is 9.59 Å². The second-order valence-electron chi connectivity index (χ2n) is 5.74. The van der Waals surface area contributed by atoms with Gasteiger partial charge in [0.15, 0.2) is 11.9 Å². The number of amides is 2. The lowest BCUT2D eigenvalue weighted by Crippen LogP contribution is -2.47. The van der Waals surface area contributed by atoms with Gasteiger partial charge in [0.1, 0.15) is 0 Å². The molecule has 154 valence electrons. The number of Topliss-reactive ketones (excluding diaryl/α,β-unsaturated/α-hetero) is 1. The number of nitrogens with zero attached hydrogens (tertiary/aromatic N) is 1. The number of hydrogen-bond acceptors (Lipinski definition) is 11. The highest BCUT2D eigenvalue weighted by Gasteiger charge is 2.41. The van der Waals surface area contributed by atoms with Gasteiger partial charge in [0.05, 0.1) is 0 Å². The van der Waals surface area contributed by atoms with Crippen molar-refractivity contribution in [3.8, 4) is 0 Å². The fourth-order valence-electron chi connectivity index (χ4n) is 2.06. The van der Waals surface area contributed by atoms with Gasteiger partial charge >= 0.3 is 23.9 Å². The largest absolute Gasteiger partial charge is 0.450 e. The molecule has 0 bridgehead atoms. The van der Waals surface area contributed by atoms with Crippen molar-refractivity contribution >= 4 is 41.5 Å². The van der Waals surface area contributed by atoms with E-state index in [1.165, 1.54) is 0 Å². The Bertz CT molecular complexity index is 697. The van der Waals surface area contributed by atoms with Crippen molar-refractivity contribution in [1.29, 1.82) is 0 Å². The number of hydroxylamine groups is 2. The van der Waals surface area contributed by atoms with Crippen LogP contribution in [0, 0.1) is 0 Å². The molecule has 1 fully saturated rings. The van der Waals surface area contributed by atoms with Gasteiger partial charge in [0.25, 0.3) is 11.8 Å². The fourth-order valence-corrected chi connectivity index (χ4v) is 2.06. The molecule has 1 saturated heterocycles. The van der Waals surface area contributed by atoms with Crippen LogP contribution in [-0.4, -0.2) is 64.8 Å². The third-order valence-electron chi connectivity index (χ3n) is 3.31. The zero-order chi connectivity index (χ0) is 21.6. The maximum atomic E-state index is 12.3. The average molecular weight is 401 g/mol. The van der Waals surface area contributed by atoms with Crippen molar-refractivity contribution in [2.24, 2.45) is 0 Å². The Kier molecular flexibility index (Phi) is 7.77. The molecule has 0 aromatic rings. The van der Waals surface area contributed by atoms with E-state index in [0.29, 0.717) is 0 Å². The van der Waals surface area contributed by atoms with Crippen molar-refractivity contribution in [3.05, 3.63) is 0 Å². The monoisotopic (exact) mass is 401 g/mol. The van der Waals surface area contributed by atoms with Crippen LogP contribution in [0.5, 0.6) is 0 Å². The van der Waals surface area contributed by atoms with Crippen molar-refractivity contribution in [1.82, 2.24) is 5.06 Å². The zero-order valence-corrected chi connectivity index (χ0v) is 15.6. The molecule has 3 atom stereocenters. The SMILES string of the molecule is CC(=O)O[C@@H](C(C)=O)[C@@H](OC(C)=O)C(=O)O[C@@H](C)C(=O)ON1C(=O)CCC1=O. The summed E-state index contributed by atoms with van der Waals surface area (Å²) in [6.45, 7) is 3.95. The molecular formula is C16H19NO11. The first kappa shape index (κ1) is 22.7. The van der Waals surface area contributed by atoms with E-state index in [1.54, 1.807) is 0 Å². The fraction of sp³-hybridized carbons (Fsp3) is 0.562. The summed E-state index contributed by atoms with van der Waals surface area (Å²) in [5, 5.41) is 0.257. The number of carbonyl (C=O) groups is 7. The van der Waals surface area contributed by atoms with E-state index in [2.05, 4.69) is 4.84 Å². The van der Waals surface area contributed by atoms with Crippen molar-refractivity contribution in [2.75, 3.05) is 0 Å². The lowest BCUT2D eigenvalue weighted by atomic mass is 10.1. The summed E-state index contributed by atoms with van der Waals surface area (Å²) in [6.07, 6.45) is -5.66. The van der Waals surface area contributed by atoms with Gasteiger partial charge in [-0.1, -0.05) is 0 Å². The molecule has 0 aromatic heterocycles. The van der Waals surface area contributed by atoms with Gasteiger partial charge in [0.2, 0.25) is 12.2 Å². The van der Waals surface area contributed by atoms with Crippen LogP contribution in [0.4, 0.5) is 0 Å². The summed E-state index contributed by atoms with van der Waals surface area (Å²) < 4.78 is 14.2. The number of esters is 3. The maximum Gasteiger partial charge on any atom is 0.373 e. The number of imide groups is 1. The lowest BCUT2D eigenvalue weighted by molar-refractivity contribution is -0.207. The third kappa shape index (κ3) is 6.14. The zero-order valence-electron chi connectivity index (χ0n) is 15.6. The number of carbonyl (C=O) groups excluding carboxylic acids is 7. The predicted octanol–water partition coefficient (Wildman–Crippen LogP) is -1.02. The Morgan fingerprint density at radius 1 is 0.786 bits per heavy atom. The first-order valence-electron chi connectivity index (χ1n) is 8.07. The Hall–Kier alpha value is -3.31. The molecule has 12 heteroatoms. The van der Waals surface area contributed by atoms with Crippen molar-refractivity contribution in [2.45, 2.75) is 58.8 Å². The van der Waals surface area contributed by atoms with Gasteiger partial charge in [-0.3, -0.25) is 24.0 Å². The number of ether oxygens (including phenoxy) is 3. The summed E-state index contributed by atoms with van der Waals surface area (Å²) in [4.78, 5) is 85.8. The van der Waals surface area contributed by atoms with Gasteiger partial charge in [-0.2, -0.15) is 0 Å². The van der Waals surface area contributed by atoms with Crippen molar-refractivity contribution < 1.29 is 52.6 Å². The summed E-state index contributed by atoms with van der Waals surface area (Å²) in [6, 6.07) is 0. The first-order valence-corrected chi connectivity index (χ1v) is 8.07. The van der Waals surface area contributed by atoms with E-state index in [4.69, 9.17) is 14.2 Å². The quantitative estimate of drug-likeness (QED) is 0.278. The molecule has 12 nitrogen and oxygen atoms in total. The second-order valence-corrected chi connectivity index (χ2v) is 5.74. The average Bonchev–Trinajstić information content (AvgIpc) is 2.88. The van der Waals surface area contributed by atoms with Crippen LogP contribution in [0.15, 0.2) is 0 Å². The second kappa shape index (κ2) is 9.58. The molecule has 0 aliphatic carbocycles. The Morgan fingerprint density at radius 2 is 1.25 bits per heavy atom. The molecule has 2 amide bonds. The third-order valence-corrected chi connectivity index (χ3v) is 3.31. The first-order chi connectivity index (χ1) is 12.9. The topological polar surface area (TPSA) is 160 Å². The van der Waals surface area contributed by atoms with Crippen LogP contribution in [0.3, 0.4) is 0 Å². The summed E-state index contributed by atoms with van der Waals surface area (Å²) in [5.41, 5.74) is 0. The standard InChI is InChI=1S/C16H19NO11/c1-7(18)13(26-9(3)19)14(27-10(4)20)16(24)25-8(2)15(23)28-17-11(21)5-6-12(17)22/h8,13-14H,5-6H2,1-4H3/t8-,13-,14+/m0/s1. The van der Waals surface area contributed by atoms with E-state index in [-0.39, 0.29) is 17.9 Å². The molecule has 1 rings (SSSR count). The number of hydrogen-bond donors (Lipinski definition) is 0. The van der Waals surface area contributed by atoms with E-state index in [1.807, 2.05) is 0 Å². The van der Waals surface area contributed by atoms with E-state index < -0.39 is 59.8 Å². The summed E-state index contributed by atoms with van der Waals surface area (Å²) >= 11 is 0. The highest BCUT2D eigenvalue weighted by molar-refractivity contribution is 6.01.